The highest BCUT2D eigenvalue weighted by atomic mass is 16.1. The molecule has 0 aliphatic heterocycles. The lowest BCUT2D eigenvalue weighted by Crippen LogP contribution is -2.07. The zero-order valence-corrected chi connectivity index (χ0v) is 9.12. The Bertz CT molecular complexity index is 384. The fourth-order valence-electron chi connectivity index (χ4n) is 1.92. The van der Waals surface area contributed by atoms with Crippen molar-refractivity contribution in [2.75, 3.05) is 0 Å². The van der Waals surface area contributed by atoms with Gasteiger partial charge in [0.2, 0.25) is 0 Å². The molecule has 0 saturated heterocycles. The number of carbonyl (C=O) groups excluding carboxylic acids is 1. The largest absolute Gasteiger partial charge is 0.295 e. The molecule has 0 atom stereocenters. The van der Waals surface area contributed by atoms with Gasteiger partial charge in [-0.2, -0.15) is 0 Å². The summed E-state index contributed by atoms with van der Waals surface area (Å²) < 4.78 is 0. The Morgan fingerprint density at radius 1 is 1.07 bits per heavy atom. The van der Waals surface area contributed by atoms with E-state index in [0.29, 0.717) is 5.78 Å². The lowest BCUT2D eigenvalue weighted by molar-refractivity contribution is -0.116. The predicted octanol–water partition coefficient (Wildman–Crippen LogP) is 3.52. The van der Waals surface area contributed by atoms with Crippen LogP contribution in [0.25, 0.3) is 6.08 Å². The van der Waals surface area contributed by atoms with Gasteiger partial charge >= 0.3 is 0 Å². The first kappa shape index (κ1) is 10.2. The summed E-state index contributed by atoms with van der Waals surface area (Å²) in [5.41, 5.74) is 3.41. The van der Waals surface area contributed by atoms with Crippen molar-refractivity contribution < 1.29 is 4.79 Å². The van der Waals surface area contributed by atoms with E-state index >= 15 is 0 Å². The molecule has 0 aromatic heterocycles. The number of hydrogen-bond donors (Lipinski definition) is 0. The van der Waals surface area contributed by atoms with Crippen LogP contribution in [0.2, 0.25) is 0 Å². The van der Waals surface area contributed by atoms with Crippen LogP contribution in [-0.4, -0.2) is 5.78 Å². The number of carbonyl (C=O) groups is 1. The molecule has 0 heterocycles. The first-order valence-corrected chi connectivity index (χ1v) is 5.56. The molecule has 1 aromatic rings. The molecule has 1 heteroatoms. The van der Waals surface area contributed by atoms with Crippen molar-refractivity contribution in [2.45, 2.75) is 32.6 Å². The van der Waals surface area contributed by atoms with Crippen molar-refractivity contribution in [1.29, 1.82) is 0 Å². The van der Waals surface area contributed by atoms with Gasteiger partial charge in [0.25, 0.3) is 0 Å². The van der Waals surface area contributed by atoms with E-state index in [2.05, 4.69) is 31.2 Å². The van der Waals surface area contributed by atoms with Crippen molar-refractivity contribution >= 4 is 11.9 Å². The number of ketones is 1. The molecule has 0 unspecified atom stereocenters. The topological polar surface area (TPSA) is 17.1 Å². The highest BCUT2D eigenvalue weighted by molar-refractivity contribution is 6.00. The number of rotatable bonds is 1. The second-order valence-corrected chi connectivity index (χ2v) is 4.21. The van der Waals surface area contributed by atoms with E-state index in [0.717, 1.165) is 36.8 Å². The quantitative estimate of drug-likeness (QED) is 0.634. The summed E-state index contributed by atoms with van der Waals surface area (Å²) >= 11 is 0. The summed E-state index contributed by atoms with van der Waals surface area (Å²) in [7, 11) is 0. The van der Waals surface area contributed by atoms with Crippen LogP contribution in [0.15, 0.2) is 29.8 Å². The molecule has 1 nitrogen and oxygen atoms in total. The SMILES string of the molecule is Cc1ccc(/C=C2/CCCCC2=O)cc1. The van der Waals surface area contributed by atoms with E-state index in [9.17, 15) is 4.79 Å². The minimum absolute atomic E-state index is 0.335. The maximum Gasteiger partial charge on any atom is 0.158 e. The van der Waals surface area contributed by atoms with Gasteiger partial charge in [-0.3, -0.25) is 4.79 Å². The molecule has 1 fully saturated rings. The van der Waals surface area contributed by atoms with Gasteiger partial charge in [0.15, 0.2) is 5.78 Å². The molecule has 0 amide bonds. The molecule has 2 rings (SSSR count). The van der Waals surface area contributed by atoms with Crippen molar-refractivity contribution in [3.05, 3.63) is 41.0 Å². The van der Waals surface area contributed by atoms with Crippen LogP contribution in [0.3, 0.4) is 0 Å². The van der Waals surface area contributed by atoms with E-state index < -0.39 is 0 Å². The Morgan fingerprint density at radius 2 is 1.73 bits per heavy atom. The second-order valence-electron chi connectivity index (χ2n) is 4.21. The van der Waals surface area contributed by atoms with Crippen LogP contribution >= 0.6 is 0 Å². The number of aryl methyl sites for hydroxylation is 1. The first-order chi connectivity index (χ1) is 7.25. The van der Waals surface area contributed by atoms with Gasteiger partial charge in [-0.25, -0.2) is 0 Å². The molecule has 0 spiro atoms. The Balaban J connectivity index is 2.21. The number of allylic oxidation sites excluding steroid dienone is 1. The van der Waals surface area contributed by atoms with Crippen LogP contribution in [0.4, 0.5) is 0 Å². The average molecular weight is 200 g/mol. The summed E-state index contributed by atoms with van der Waals surface area (Å²) in [6, 6.07) is 8.31. The van der Waals surface area contributed by atoms with Crippen molar-refractivity contribution in [3.63, 3.8) is 0 Å². The third-order valence-electron chi connectivity index (χ3n) is 2.88. The Labute approximate surface area is 90.8 Å². The van der Waals surface area contributed by atoms with Gasteiger partial charge in [-0.1, -0.05) is 29.8 Å². The fourth-order valence-corrected chi connectivity index (χ4v) is 1.92. The monoisotopic (exact) mass is 200 g/mol. The molecule has 1 aromatic carbocycles. The van der Waals surface area contributed by atoms with Gasteiger partial charge in [0.1, 0.15) is 0 Å². The molecule has 78 valence electrons. The normalized spacial score (nSPS) is 19.5. The lowest BCUT2D eigenvalue weighted by Gasteiger charge is -2.12. The molecule has 0 N–H and O–H groups in total. The van der Waals surface area contributed by atoms with Crippen LogP contribution in [0.1, 0.15) is 36.8 Å². The van der Waals surface area contributed by atoms with Crippen molar-refractivity contribution in [1.82, 2.24) is 0 Å². The van der Waals surface area contributed by atoms with Crippen LogP contribution < -0.4 is 0 Å². The molecule has 0 radical (unpaired) electrons. The maximum atomic E-state index is 11.6. The van der Waals surface area contributed by atoms with Crippen molar-refractivity contribution in [2.24, 2.45) is 0 Å². The highest BCUT2D eigenvalue weighted by Gasteiger charge is 2.14. The van der Waals surface area contributed by atoms with E-state index in [1.807, 2.05) is 6.08 Å². The van der Waals surface area contributed by atoms with Crippen molar-refractivity contribution in [3.8, 4) is 0 Å². The van der Waals surface area contributed by atoms with Gasteiger partial charge in [-0.05, 0) is 43.4 Å². The minimum Gasteiger partial charge on any atom is -0.295 e. The fraction of sp³-hybridized carbons (Fsp3) is 0.357. The van der Waals surface area contributed by atoms with Gasteiger partial charge < -0.3 is 0 Å². The Morgan fingerprint density at radius 3 is 2.40 bits per heavy atom. The van der Waals surface area contributed by atoms with Crippen LogP contribution in [-0.2, 0) is 4.79 Å². The second kappa shape index (κ2) is 4.43. The summed E-state index contributed by atoms with van der Waals surface area (Å²) in [6.45, 7) is 2.07. The molecule has 0 bridgehead atoms. The van der Waals surface area contributed by atoms with E-state index in [4.69, 9.17) is 0 Å². The van der Waals surface area contributed by atoms with E-state index in [-0.39, 0.29) is 0 Å². The van der Waals surface area contributed by atoms with E-state index in [1.165, 1.54) is 5.56 Å². The number of hydrogen-bond acceptors (Lipinski definition) is 1. The van der Waals surface area contributed by atoms with E-state index in [1.54, 1.807) is 0 Å². The summed E-state index contributed by atoms with van der Waals surface area (Å²) in [6.07, 6.45) is 5.94. The summed E-state index contributed by atoms with van der Waals surface area (Å²) in [5, 5.41) is 0. The highest BCUT2D eigenvalue weighted by Crippen LogP contribution is 2.22. The first-order valence-electron chi connectivity index (χ1n) is 5.56. The Hall–Kier alpha value is -1.37. The van der Waals surface area contributed by atoms with Gasteiger partial charge in [0, 0.05) is 6.42 Å². The third-order valence-corrected chi connectivity index (χ3v) is 2.88. The molecule has 1 aliphatic carbocycles. The zero-order chi connectivity index (χ0) is 10.7. The molecular weight excluding hydrogens is 184 g/mol. The molecule has 15 heavy (non-hydrogen) atoms. The van der Waals surface area contributed by atoms with Crippen LogP contribution in [0, 0.1) is 6.92 Å². The smallest absolute Gasteiger partial charge is 0.158 e. The summed E-state index contributed by atoms with van der Waals surface area (Å²) in [4.78, 5) is 11.6. The number of Topliss-reactive ketones (excluding diaryl/α,β-unsaturated/α-hetero) is 1. The molecular formula is C14H16O. The predicted molar refractivity (Wildman–Crippen MR) is 62.6 cm³/mol. The number of benzene rings is 1. The Kier molecular flexibility index (Phi) is 3.00. The standard InChI is InChI=1S/C14H16O/c1-11-6-8-12(9-7-11)10-13-4-2-3-5-14(13)15/h6-10H,2-5H2,1H3/b13-10-. The minimum atomic E-state index is 0.335. The average Bonchev–Trinajstić information content (AvgIpc) is 2.25. The van der Waals surface area contributed by atoms with Gasteiger partial charge in [-0.15, -0.1) is 0 Å². The molecule has 1 saturated carbocycles. The third kappa shape index (κ3) is 2.56. The lowest BCUT2D eigenvalue weighted by atomic mass is 9.92. The maximum absolute atomic E-state index is 11.6. The van der Waals surface area contributed by atoms with Gasteiger partial charge in [0.05, 0.1) is 0 Å². The zero-order valence-electron chi connectivity index (χ0n) is 9.12. The summed E-state index contributed by atoms with van der Waals surface area (Å²) in [5.74, 6) is 0.335. The molecule has 1 aliphatic rings. The van der Waals surface area contributed by atoms with Crippen LogP contribution in [0.5, 0.6) is 0 Å².